The van der Waals surface area contributed by atoms with E-state index in [9.17, 15) is 18.8 Å². The van der Waals surface area contributed by atoms with Crippen LogP contribution in [-0.2, 0) is 13.1 Å². The predicted molar refractivity (Wildman–Crippen MR) is 109 cm³/mol. The number of fused-ring (bicyclic) bond motifs is 1. The Morgan fingerprint density at radius 2 is 1.50 bits per heavy atom. The molecule has 3 aromatic rings. The quantitative estimate of drug-likeness (QED) is 0.609. The van der Waals surface area contributed by atoms with Crippen LogP contribution in [0.2, 0.25) is 0 Å². The molecule has 150 valence electrons. The van der Waals surface area contributed by atoms with Gasteiger partial charge in [-0.05, 0) is 47.5 Å². The van der Waals surface area contributed by atoms with Crippen LogP contribution in [0.25, 0.3) is 0 Å². The second-order valence-electron chi connectivity index (χ2n) is 7.23. The molecular formula is C24H19FN2O3. The van der Waals surface area contributed by atoms with Gasteiger partial charge in [-0.1, -0.05) is 36.4 Å². The minimum absolute atomic E-state index is 0.0924. The molecule has 0 radical (unpaired) electrons. The molecule has 0 aliphatic carbocycles. The first-order valence-corrected chi connectivity index (χ1v) is 9.48. The number of amides is 3. The average Bonchev–Trinajstić information content (AvgIpc) is 3.00. The Balaban J connectivity index is 1.49. The summed E-state index contributed by atoms with van der Waals surface area (Å²) in [6, 6.07) is 19.6. The first kappa shape index (κ1) is 19.5. The molecule has 1 aliphatic rings. The molecule has 5 nitrogen and oxygen atoms in total. The van der Waals surface area contributed by atoms with Crippen molar-refractivity contribution < 1.29 is 18.8 Å². The van der Waals surface area contributed by atoms with Crippen LogP contribution >= 0.6 is 0 Å². The zero-order valence-electron chi connectivity index (χ0n) is 16.3. The number of nitrogens with zero attached hydrogens (tertiary/aromatic N) is 2. The second kappa shape index (κ2) is 7.91. The van der Waals surface area contributed by atoms with Crippen LogP contribution in [0.15, 0.2) is 72.8 Å². The van der Waals surface area contributed by atoms with Crippen molar-refractivity contribution in [2.24, 2.45) is 0 Å². The van der Waals surface area contributed by atoms with Crippen LogP contribution in [0.5, 0.6) is 0 Å². The highest BCUT2D eigenvalue weighted by molar-refractivity contribution is 6.21. The Bertz CT molecular complexity index is 1110. The third kappa shape index (κ3) is 3.72. The van der Waals surface area contributed by atoms with Gasteiger partial charge >= 0.3 is 0 Å². The fraction of sp³-hybridized carbons (Fsp3) is 0.125. The minimum atomic E-state index is -0.333. The van der Waals surface area contributed by atoms with Crippen LogP contribution in [0, 0.1) is 5.82 Å². The molecule has 3 aromatic carbocycles. The van der Waals surface area contributed by atoms with E-state index in [4.69, 9.17) is 0 Å². The van der Waals surface area contributed by atoms with E-state index in [-0.39, 0.29) is 30.1 Å². The van der Waals surface area contributed by atoms with Crippen LogP contribution < -0.4 is 0 Å². The highest BCUT2D eigenvalue weighted by Crippen LogP contribution is 2.24. The number of carbonyl (C=O) groups excluding carboxylic acids is 3. The van der Waals surface area contributed by atoms with E-state index in [2.05, 4.69) is 0 Å². The Morgan fingerprint density at radius 3 is 2.13 bits per heavy atom. The molecule has 6 heteroatoms. The minimum Gasteiger partial charge on any atom is -0.337 e. The van der Waals surface area contributed by atoms with Crippen molar-refractivity contribution in [1.82, 2.24) is 9.80 Å². The van der Waals surface area contributed by atoms with Crippen LogP contribution in [0.1, 0.15) is 42.2 Å². The monoisotopic (exact) mass is 402 g/mol. The van der Waals surface area contributed by atoms with E-state index in [0.717, 1.165) is 5.56 Å². The van der Waals surface area contributed by atoms with Crippen molar-refractivity contribution in [3.05, 3.63) is 106 Å². The molecule has 30 heavy (non-hydrogen) atoms. The molecular weight excluding hydrogens is 383 g/mol. The molecule has 3 amide bonds. The molecule has 0 spiro atoms. The van der Waals surface area contributed by atoms with Crippen LogP contribution in [0.4, 0.5) is 4.39 Å². The molecule has 0 N–H and O–H groups in total. The molecule has 0 fully saturated rings. The summed E-state index contributed by atoms with van der Waals surface area (Å²) < 4.78 is 13.1. The molecule has 4 rings (SSSR count). The third-order valence-corrected chi connectivity index (χ3v) is 5.07. The highest BCUT2D eigenvalue weighted by atomic mass is 19.1. The summed E-state index contributed by atoms with van der Waals surface area (Å²) in [4.78, 5) is 40.7. The maximum atomic E-state index is 13.1. The summed E-state index contributed by atoms with van der Waals surface area (Å²) in [7, 11) is 1.67. The fourth-order valence-corrected chi connectivity index (χ4v) is 3.52. The number of rotatable bonds is 5. The summed E-state index contributed by atoms with van der Waals surface area (Å²) in [6.07, 6.45) is 0. The van der Waals surface area contributed by atoms with Gasteiger partial charge in [-0.25, -0.2) is 4.39 Å². The third-order valence-electron chi connectivity index (χ3n) is 5.07. The van der Waals surface area contributed by atoms with Gasteiger partial charge in [0.2, 0.25) is 0 Å². The number of hydrogen-bond donors (Lipinski definition) is 0. The molecule has 0 bridgehead atoms. The summed E-state index contributed by atoms with van der Waals surface area (Å²) >= 11 is 0. The van der Waals surface area contributed by atoms with E-state index < -0.39 is 0 Å². The molecule has 0 atom stereocenters. The fourth-order valence-electron chi connectivity index (χ4n) is 3.52. The van der Waals surface area contributed by atoms with Gasteiger partial charge in [-0.15, -0.1) is 0 Å². The van der Waals surface area contributed by atoms with Crippen molar-refractivity contribution >= 4 is 17.7 Å². The number of hydrogen-bond acceptors (Lipinski definition) is 3. The van der Waals surface area contributed by atoms with Gasteiger partial charge in [-0.2, -0.15) is 0 Å². The van der Waals surface area contributed by atoms with Crippen molar-refractivity contribution in [2.45, 2.75) is 13.1 Å². The van der Waals surface area contributed by atoms with Gasteiger partial charge in [0.25, 0.3) is 17.7 Å². The lowest BCUT2D eigenvalue weighted by Gasteiger charge is -2.19. The lowest BCUT2D eigenvalue weighted by molar-refractivity contribution is 0.0642. The van der Waals surface area contributed by atoms with E-state index in [0.29, 0.717) is 28.8 Å². The van der Waals surface area contributed by atoms with Gasteiger partial charge in [-0.3, -0.25) is 19.3 Å². The van der Waals surface area contributed by atoms with Crippen LogP contribution in [0.3, 0.4) is 0 Å². The predicted octanol–water partition coefficient (Wildman–Crippen LogP) is 3.89. The highest BCUT2D eigenvalue weighted by Gasteiger charge is 2.35. The summed E-state index contributed by atoms with van der Waals surface area (Å²) in [6.45, 7) is 0.427. The molecule has 0 unspecified atom stereocenters. The topological polar surface area (TPSA) is 57.7 Å². The van der Waals surface area contributed by atoms with Crippen molar-refractivity contribution in [3.63, 3.8) is 0 Å². The second-order valence-corrected chi connectivity index (χ2v) is 7.23. The summed E-state index contributed by atoms with van der Waals surface area (Å²) in [5.74, 6) is -1.20. The number of halogens is 1. The van der Waals surface area contributed by atoms with E-state index in [1.165, 1.54) is 21.9 Å². The maximum absolute atomic E-state index is 13.1. The Hall–Kier alpha value is -3.80. The van der Waals surface area contributed by atoms with Crippen molar-refractivity contribution in [3.8, 4) is 0 Å². The number of imide groups is 1. The Morgan fingerprint density at radius 1 is 0.867 bits per heavy atom. The van der Waals surface area contributed by atoms with Gasteiger partial charge in [0, 0.05) is 19.2 Å². The van der Waals surface area contributed by atoms with E-state index in [1.807, 2.05) is 0 Å². The molecule has 1 aliphatic heterocycles. The number of carbonyl (C=O) groups is 3. The van der Waals surface area contributed by atoms with Crippen LogP contribution in [-0.4, -0.2) is 34.6 Å². The molecule has 0 saturated carbocycles. The maximum Gasteiger partial charge on any atom is 0.261 e. The number of benzene rings is 3. The van der Waals surface area contributed by atoms with Crippen molar-refractivity contribution in [1.29, 1.82) is 0 Å². The summed E-state index contributed by atoms with van der Waals surface area (Å²) in [5.41, 5.74) is 2.75. The van der Waals surface area contributed by atoms with Gasteiger partial charge in [0.15, 0.2) is 0 Å². The van der Waals surface area contributed by atoms with Gasteiger partial charge in [0.1, 0.15) is 5.82 Å². The normalized spacial score (nSPS) is 12.8. The molecule has 0 saturated heterocycles. The SMILES string of the molecule is CN(Cc1ccc(F)cc1)C(=O)c1cccc(CN2C(=O)c3ccccc3C2=O)c1. The smallest absolute Gasteiger partial charge is 0.261 e. The average molecular weight is 402 g/mol. The Kier molecular flexibility index (Phi) is 5.14. The van der Waals surface area contributed by atoms with Crippen molar-refractivity contribution in [2.75, 3.05) is 7.05 Å². The summed E-state index contributed by atoms with van der Waals surface area (Å²) in [5, 5.41) is 0. The zero-order chi connectivity index (χ0) is 21.3. The first-order valence-electron chi connectivity index (χ1n) is 9.48. The Labute approximate surface area is 173 Å². The van der Waals surface area contributed by atoms with E-state index >= 15 is 0 Å². The van der Waals surface area contributed by atoms with Gasteiger partial charge in [0.05, 0.1) is 17.7 Å². The largest absolute Gasteiger partial charge is 0.337 e. The first-order chi connectivity index (χ1) is 14.4. The lowest BCUT2D eigenvalue weighted by Crippen LogP contribution is -2.29. The van der Waals surface area contributed by atoms with E-state index in [1.54, 1.807) is 67.7 Å². The molecule has 1 heterocycles. The standard InChI is InChI=1S/C24H19FN2O3/c1-26(14-16-9-11-19(25)12-10-16)22(28)18-6-4-5-17(13-18)15-27-23(29)20-7-2-3-8-21(20)24(27)30/h2-13H,14-15H2,1H3. The zero-order valence-corrected chi connectivity index (χ0v) is 16.3. The van der Waals surface area contributed by atoms with Gasteiger partial charge < -0.3 is 4.90 Å². The lowest BCUT2D eigenvalue weighted by atomic mass is 10.1. The molecule has 0 aromatic heterocycles.